The normalized spacial score (nSPS) is 23.3. The first-order chi connectivity index (χ1) is 9.74. The quantitative estimate of drug-likeness (QED) is 0.875. The van der Waals surface area contributed by atoms with Crippen LogP contribution in [0.5, 0.6) is 0 Å². The number of para-hydroxylation sites is 1. The molecule has 1 fully saturated rings. The van der Waals surface area contributed by atoms with Crippen LogP contribution < -0.4 is 5.32 Å². The number of fused-ring (bicyclic) bond motifs is 1. The molecule has 1 aromatic carbocycles. The van der Waals surface area contributed by atoms with Gasteiger partial charge in [0.2, 0.25) is 0 Å². The Kier molecular flexibility index (Phi) is 4.11. The van der Waals surface area contributed by atoms with Crippen molar-refractivity contribution in [3.8, 4) is 0 Å². The number of aryl methyl sites for hydroxylation is 1. The number of hydrogen-bond donors (Lipinski definition) is 1. The van der Waals surface area contributed by atoms with Crippen molar-refractivity contribution in [3.63, 3.8) is 0 Å². The molecule has 108 valence electrons. The summed E-state index contributed by atoms with van der Waals surface area (Å²) in [4.78, 5) is 0. The first-order valence-electron chi connectivity index (χ1n) is 7.91. The summed E-state index contributed by atoms with van der Waals surface area (Å²) in [5.41, 5.74) is 2.33. The molecule has 0 radical (unpaired) electrons. The second-order valence-corrected chi connectivity index (χ2v) is 6.39. The lowest BCUT2D eigenvalue weighted by molar-refractivity contribution is 0.281. The van der Waals surface area contributed by atoms with Gasteiger partial charge in [-0.05, 0) is 44.2 Å². The standard InChI is InChI=1S/C18H25NO/c1-13-7-9-15(10-8-13)11-19-12-17-14(2)20-18-6-4-3-5-16(17)18/h3-6,13,15,19H,7-12H2,1-2H3. The number of furan rings is 1. The van der Waals surface area contributed by atoms with Crippen LogP contribution in [0.2, 0.25) is 0 Å². The minimum atomic E-state index is 0.865. The fourth-order valence-electron chi connectivity index (χ4n) is 3.38. The van der Waals surface area contributed by atoms with E-state index in [1.54, 1.807) is 0 Å². The predicted molar refractivity (Wildman–Crippen MR) is 83.8 cm³/mol. The van der Waals surface area contributed by atoms with E-state index < -0.39 is 0 Å². The van der Waals surface area contributed by atoms with Crippen LogP contribution in [-0.4, -0.2) is 6.54 Å². The molecule has 0 amide bonds. The van der Waals surface area contributed by atoms with Crippen LogP contribution in [0.3, 0.4) is 0 Å². The van der Waals surface area contributed by atoms with E-state index in [0.29, 0.717) is 0 Å². The van der Waals surface area contributed by atoms with Crippen molar-refractivity contribution in [1.29, 1.82) is 0 Å². The second-order valence-electron chi connectivity index (χ2n) is 6.39. The lowest BCUT2D eigenvalue weighted by Gasteiger charge is -2.26. The van der Waals surface area contributed by atoms with Crippen molar-refractivity contribution >= 4 is 11.0 Å². The van der Waals surface area contributed by atoms with Gasteiger partial charge in [0.15, 0.2) is 0 Å². The molecule has 1 N–H and O–H groups in total. The summed E-state index contributed by atoms with van der Waals surface area (Å²) in [6, 6.07) is 8.33. The van der Waals surface area contributed by atoms with Crippen molar-refractivity contribution < 1.29 is 4.42 Å². The molecule has 0 unspecified atom stereocenters. The smallest absolute Gasteiger partial charge is 0.134 e. The molecule has 2 heteroatoms. The van der Waals surface area contributed by atoms with Gasteiger partial charge in [0, 0.05) is 17.5 Å². The van der Waals surface area contributed by atoms with Crippen LogP contribution in [-0.2, 0) is 6.54 Å². The maximum absolute atomic E-state index is 5.82. The zero-order valence-electron chi connectivity index (χ0n) is 12.6. The Morgan fingerprint density at radius 2 is 1.90 bits per heavy atom. The first-order valence-corrected chi connectivity index (χ1v) is 7.91. The Bertz CT molecular complexity index is 564. The summed E-state index contributed by atoms with van der Waals surface area (Å²) in [5.74, 6) is 2.85. The Labute approximate surface area is 121 Å². The number of rotatable bonds is 4. The van der Waals surface area contributed by atoms with Gasteiger partial charge in [-0.15, -0.1) is 0 Å². The molecule has 0 atom stereocenters. The molecule has 1 aliphatic carbocycles. The third-order valence-corrected chi connectivity index (χ3v) is 4.77. The molecule has 2 nitrogen and oxygen atoms in total. The van der Waals surface area contributed by atoms with E-state index in [2.05, 4.69) is 31.3 Å². The average molecular weight is 271 g/mol. The fourth-order valence-corrected chi connectivity index (χ4v) is 3.38. The summed E-state index contributed by atoms with van der Waals surface area (Å²) in [7, 11) is 0. The second kappa shape index (κ2) is 6.01. The SMILES string of the molecule is Cc1oc2ccccc2c1CNCC1CCC(C)CC1. The monoisotopic (exact) mass is 271 g/mol. The molecule has 1 heterocycles. The molecule has 1 aliphatic rings. The molecule has 1 saturated carbocycles. The summed E-state index contributed by atoms with van der Waals surface area (Å²) in [6.07, 6.45) is 5.58. The number of hydrogen-bond acceptors (Lipinski definition) is 2. The van der Waals surface area contributed by atoms with Gasteiger partial charge in [0.1, 0.15) is 11.3 Å². The largest absolute Gasteiger partial charge is 0.461 e. The van der Waals surface area contributed by atoms with E-state index in [1.807, 2.05) is 12.1 Å². The van der Waals surface area contributed by atoms with Gasteiger partial charge in [-0.2, -0.15) is 0 Å². The lowest BCUT2D eigenvalue weighted by Crippen LogP contribution is -2.25. The average Bonchev–Trinajstić information content (AvgIpc) is 2.77. The van der Waals surface area contributed by atoms with Crippen LogP contribution in [0.25, 0.3) is 11.0 Å². The Morgan fingerprint density at radius 1 is 1.15 bits per heavy atom. The zero-order valence-corrected chi connectivity index (χ0v) is 12.6. The summed E-state index contributed by atoms with van der Waals surface area (Å²) < 4.78 is 5.82. The summed E-state index contributed by atoms with van der Waals surface area (Å²) in [5, 5.41) is 4.90. The van der Waals surface area contributed by atoms with E-state index in [0.717, 1.165) is 36.3 Å². The molecule has 1 aromatic heterocycles. The highest BCUT2D eigenvalue weighted by molar-refractivity contribution is 5.82. The Morgan fingerprint density at radius 3 is 2.70 bits per heavy atom. The van der Waals surface area contributed by atoms with E-state index >= 15 is 0 Å². The van der Waals surface area contributed by atoms with Crippen LogP contribution in [0.4, 0.5) is 0 Å². The van der Waals surface area contributed by atoms with E-state index in [-0.39, 0.29) is 0 Å². The number of nitrogens with one attached hydrogen (secondary N) is 1. The topological polar surface area (TPSA) is 25.2 Å². The molecular weight excluding hydrogens is 246 g/mol. The van der Waals surface area contributed by atoms with Crippen LogP contribution in [0.1, 0.15) is 43.9 Å². The molecule has 2 aromatic rings. The highest BCUT2D eigenvalue weighted by Gasteiger charge is 2.18. The lowest BCUT2D eigenvalue weighted by atomic mass is 9.83. The van der Waals surface area contributed by atoms with E-state index in [9.17, 15) is 0 Å². The molecule has 0 aliphatic heterocycles. The minimum Gasteiger partial charge on any atom is -0.461 e. The zero-order chi connectivity index (χ0) is 13.9. The molecule has 0 saturated heterocycles. The van der Waals surface area contributed by atoms with Gasteiger partial charge in [-0.3, -0.25) is 0 Å². The van der Waals surface area contributed by atoms with Crippen molar-refractivity contribution in [2.45, 2.75) is 46.1 Å². The molecule has 3 rings (SSSR count). The third-order valence-electron chi connectivity index (χ3n) is 4.77. The molecule has 0 spiro atoms. The van der Waals surface area contributed by atoms with Crippen LogP contribution in [0, 0.1) is 18.8 Å². The third kappa shape index (κ3) is 2.90. The van der Waals surface area contributed by atoms with E-state index in [4.69, 9.17) is 4.42 Å². The van der Waals surface area contributed by atoms with Gasteiger partial charge in [0.05, 0.1) is 0 Å². The van der Waals surface area contributed by atoms with Gasteiger partial charge in [0.25, 0.3) is 0 Å². The maximum Gasteiger partial charge on any atom is 0.134 e. The predicted octanol–water partition coefficient (Wildman–Crippen LogP) is 4.66. The van der Waals surface area contributed by atoms with Crippen molar-refractivity contribution in [1.82, 2.24) is 5.32 Å². The minimum absolute atomic E-state index is 0.865. The highest BCUT2D eigenvalue weighted by atomic mass is 16.3. The molecule has 0 bridgehead atoms. The van der Waals surface area contributed by atoms with Gasteiger partial charge in [-0.1, -0.05) is 38.0 Å². The van der Waals surface area contributed by atoms with E-state index in [1.165, 1.54) is 36.6 Å². The van der Waals surface area contributed by atoms with Gasteiger partial charge >= 0.3 is 0 Å². The first kappa shape index (κ1) is 13.7. The summed E-state index contributed by atoms with van der Waals surface area (Å²) >= 11 is 0. The van der Waals surface area contributed by atoms with Crippen molar-refractivity contribution in [2.24, 2.45) is 11.8 Å². The van der Waals surface area contributed by atoms with Crippen molar-refractivity contribution in [3.05, 3.63) is 35.6 Å². The molecule has 20 heavy (non-hydrogen) atoms. The maximum atomic E-state index is 5.82. The van der Waals surface area contributed by atoms with Gasteiger partial charge in [-0.25, -0.2) is 0 Å². The fraction of sp³-hybridized carbons (Fsp3) is 0.556. The Hall–Kier alpha value is -1.28. The summed E-state index contributed by atoms with van der Waals surface area (Å²) in [6.45, 7) is 6.52. The van der Waals surface area contributed by atoms with Crippen LogP contribution >= 0.6 is 0 Å². The Balaban J connectivity index is 1.59. The van der Waals surface area contributed by atoms with Crippen LogP contribution in [0.15, 0.2) is 28.7 Å². The number of benzene rings is 1. The van der Waals surface area contributed by atoms with Crippen molar-refractivity contribution in [2.75, 3.05) is 6.54 Å². The highest BCUT2D eigenvalue weighted by Crippen LogP contribution is 2.28. The molecular formula is C18H25NO. The van der Waals surface area contributed by atoms with Gasteiger partial charge < -0.3 is 9.73 Å².